The molecule has 3 N–H and O–H groups in total. The summed E-state index contributed by atoms with van der Waals surface area (Å²) < 4.78 is 36.6. The van der Waals surface area contributed by atoms with Crippen molar-refractivity contribution >= 4 is 5.96 Å². The minimum absolute atomic E-state index is 0.0165. The molecule has 1 atom stereocenters. The van der Waals surface area contributed by atoms with Crippen molar-refractivity contribution in [2.75, 3.05) is 19.7 Å². The number of aromatic nitrogens is 2. The molecule has 0 aliphatic heterocycles. The Kier molecular flexibility index (Phi) is 8.40. The zero-order chi connectivity index (χ0) is 22.1. The molecule has 0 saturated carbocycles. The first kappa shape index (κ1) is 23.4. The Morgan fingerprint density at radius 3 is 2.67 bits per heavy atom. The summed E-state index contributed by atoms with van der Waals surface area (Å²) >= 11 is 0. The lowest BCUT2D eigenvalue weighted by Crippen LogP contribution is -2.44. The fourth-order valence-electron chi connectivity index (χ4n) is 2.68. The number of hydrogen-bond donors (Lipinski definition) is 3. The van der Waals surface area contributed by atoms with E-state index in [1.165, 1.54) is 6.07 Å². The van der Waals surface area contributed by atoms with Crippen LogP contribution in [0.15, 0.2) is 35.6 Å². The number of aliphatic hydroxyl groups is 1. The molecule has 0 bridgehead atoms. The highest BCUT2D eigenvalue weighted by atomic mass is 19.3. The smallest absolute Gasteiger partial charge is 0.387 e. The van der Waals surface area contributed by atoms with E-state index >= 15 is 0 Å². The third kappa shape index (κ3) is 6.87. The van der Waals surface area contributed by atoms with E-state index in [4.69, 9.17) is 4.74 Å². The van der Waals surface area contributed by atoms with Gasteiger partial charge in [-0.05, 0) is 38.5 Å². The van der Waals surface area contributed by atoms with E-state index in [9.17, 15) is 13.9 Å². The van der Waals surface area contributed by atoms with E-state index in [1.807, 2.05) is 6.92 Å². The summed E-state index contributed by atoms with van der Waals surface area (Å²) in [6, 6.07) is 4.72. The molecule has 1 aromatic heterocycles. The number of alkyl halides is 2. The van der Waals surface area contributed by atoms with Crippen LogP contribution in [0.1, 0.15) is 31.9 Å². The molecule has 8 nitrogen and oxygen atoms in total. The van der Waals surface area contributed by atoms with Crippen LogP contribution < -0.4 is 20.1 Å². The summed E-state index contributed by atoms with van der Waals surface area (Å²) in [6.45, 7) is 3.90. The molecule has 1 heterocycles. The molecule has 30 heavy (non-hydrogen) atoms. The second-order valence-corrected chi connectivity index (χ2v) is 6.82. The van der Waals surface area contributed by atoms with Gasteiger partial charge in [0.05, 0.1) is 25.9 Å². The quantitative estimate of drug-likeness (QED) is 0.400. The molecular weight excluding hydrogens is 396 g/mol. The van der Waals surface area contributed by atoms with Crippen LogP contribution in [0.2, 0.25) is 0 Å². The minimum atomic E-state index is -2.93. The molecule has 1 aromatic carbocycles. The molecule has 0 aliphatic rings. The largest absolute Gasteiger partial charge is 0.490 e. The number of nitrogens with one attached hydrogen (secondary N) is 2. The minimum Gasteiger partial charge on any atom is -0.490 e. The van der Waals surface area contributed by atoms with Gasteiger partial charge in [0, 0.05) is 25.4 Å². The fraction of sp³-hybridized carbons (Fsp3) is 0.500. The molecule has 0 fully saturated rings. The van der Waals surface area contributed by atoms with Crippen LogP contribution in [0.25, 0.3) is 0 Å². The summed E-state index contributed by atoms with van der Waals surface area (Å²) in [5.41, 5.74) is 0.307. The van der Waals surface area contributed by atoms with E-state index in [1.54, 1.807) is 50.1 Å². The van der Waals surface area contributed by atoms with Crippen LogP contribution in [0.4, 0.5) is 8.78 Å². The number of aryl methyl sites for hydroxylation is 1. The monoisotopic (exact) mass is 425 g/mol. The fourth-order valence-corrected chi connectivity index (χ4v) is 2.68. The molecular formula is C20H29F2N5O3. The highest BCUT2D eigenvalue weighted by Gasteiger charge is 2.25. The standard InChI is InChI=1S/C20H29F2N5O3/c1-5-23-19(25-13-20(3,28)15-11-26-27(4)12-15)24-10-14-7-8-16(30-18(21)22)17(9-14)29-6-2/h7-9,11-12,18,28H,5-6,10,13H2,1-4H3,(H2,23,24,25). The normalized spacial score (nSPS) is 13.8. The molecule has 0 radical (unpaired) electrons. The van der Waals surface area contributed by atoms with E-state index < -0.39 is 12.2 Å². The lowest BCUT2D eigenvalue weighted by Gasteiger charge is -2.23. The third-order valence-electron chi connectivity index (χ3n) is 4.21. The molecule has 10 heteroatoms. The van der Waals surface area contributed by atoms with Crippen molar-refractivity contribution in [3.8, 4) is 11.5 Å². The van der Waals surface area contributed by atoms with Gasteiger partial charge >= 0.3 is 6.61 Å². The maximum Gasteiger partial charge on any atom is 0.387 e. The number of guanidine groups is 1. The Labute approximate surface area is 174 Å². The first-order chi connectivity index (χ1) is 14.2. The molecule has 0 spiro atoms. The Morgan fingerprint density at radius 2 is 2.07 bits per heavy atom. The second kappa shape index (κ2) is 10.8. The number of hydrogen-bond acceptors (Lipinski definition) is 5. The number of ether oxygens (including phenoxy) is 2. The average Bonchev–Trinajstić information content (AvgIpc) is 3.13. The number of rotatable bonds is 10. The van der Waals surface area contributed by atoms with Crippen molar-refractivity contribution in [2.45, 2.75) is 39.5 Å². The van der Waals surface area contributed by atoms with Crippen molar-refractivity contribution in [2.24, 2.45) is 12.0 Å². The molecule has 0 amide bonds. The van der Waals surface area contributed by atoms with Gasteiger partial charge in [0.1, 0.15) is 5.60 Å². The Bertz CT molecular complexity index is 840. The molecule has 2 rings (SSSR count). The third-order valence-corrected chi connectivity index (χ3v) is 4.21. The molecule has 0 saturated heterocycles. The van der Waals surface area contributed by atoms with Gasteiger partial charge in [0.15, 0.2) is 17.5 Å². The van der Waals surface area contributed by atoms with E-state index in [2.05, 4.69) is 25.5 Å². The van der Waals surface area contributed by atoms with Crippen molar-refractivity contribution < 1.29 is 23.4 Å². The zero-order valence-electron chi connectivity index (χ0n) is 17.7. The maximum atomic E-state index is 12.5. The van der Waals surface area contributed by atoms with E-state index in [-0.39, 0.29) is 24.6 Å². The van der Waals surface area contributed by atoms with Crippen molar-refractivity contribution in [3.05, 3.63) is 41.7 Å². The SMILES string of the molecule is CCNC(=NCc1ccc(OC(F)F)c(OCC)c1)NCC(C)(O)c1cnn(C)c1. The van der Waals surface area contributed by atoms with Gasteiger partial charge in [0.25, 0.3) is 0 Å². The van der Waals surface area contributed by atoms with Crippen LogP contribution >= 0.6 is 0 Å². The first-order valence-electron chi connectivity index (χ1n) is 9.69. The van der Waals surface area contributed by atoms with Gasteiger partial charge < -0.3 is 25.2 Å². The van der Waals surface area contributed by atoms with Gasteiger partial charge in [-0.25, -0.2) is 4.99 Å². The van der Waals surface area contributed by atoms with E-state index in [0.29, 0.717) is 24.7 Å². The molecule has 2 aromatic rings. The van der Waals surface area contributed by atoms with Crippen LogP contribution in [0.5, 0.6) is 11.5 Å². The number of aliphatic imine (C=N–C) groups is 1. The van der Waals surface area contributed by atoms with Crippen LogP contribution in [0.3, 0.4) is 0 Å². The second-order valence-electron chi connectivity index (χ2n) is 6.82. The van der Waals surface area contributed by atoms with Crippen molar-refractivity contribution in [3.63, 3.8) is 0 Å². The summed E-state index contributed by atoms with van der Waals surface area (Å²) in [5.74, 6) is 0.729. The predicted molar refractivity (Wildman–Crippen MR) is 110 cm³/mol. The van der Waals surface area contributed by atoms with Crippen molar-refractivity contribution in [1.29, 1.82) is 0 Å². The summed E-state index contributed by atoms with van der Waals surface area (Å²) in [7, 11) is 1.78. The molecule has 1 unspecified atom stereocenters. The summed E-state index contributed by atoms with van der Waals surface area (Å²) in [4.78, 5) is 4.50. The van der Waals surface area contributed by atoms with Crippen LogP contribution in [-0.2, 0) is 19.2 Å². The zero-order valence-corrected chi connectivity index (χ0v) is 17.7. The van der Waals surface area contributed by atoms with Gasteiger partial charge in [0.2, 0.25) is 0 Å². The Morgan fingerprint density at radius 1 is 1.30 bits per heavy atom. The number of nitrogens with zero attached hydrogens (tertiary/aromatic N) is 3. The molecule has 166 valence electrons. The summed E-state index contributed by atoms with van der Waals surface area (Å²) in [5, 5.41) is 21.0. The number of benzene rings is 1. The predicted octanol–water partition coefficient (Wildman–Crippen LogP) is 2.38. The van der Waals surface area contributed by atoms with Crippen LogP contribution in [-0.4, -0.2) is 47.2 Å². The summed E-state index contributed by atoms with van der Waals surface area (Å²) in [6.07, 6.45) is 3.37. The number of halogens is 2. The highest BCUT2D eigenvalue weighted by molar-refractivity contribution is 5.79. The Hall–Kier alpha value is -2.88. The maximum absolute atomic E-state index is 12.5. The lowest BCUT2D eigenvalue weighted by molar-refractivity contribution is -0.0514. The van der Waals surface area contributed by atoms with Gasteiger partial charge in [-0.15, -0.1) is 0 Å². The topological polar surface area (TPSA) is 92.9 Å². The molecule has 0 aliphatic carbocycles. The first-order valence-corrected chi connectivity index (χ1v) is 9.69. The van der Waals surface area contributed by atoms with Gasteiger partial charge in [-0.3, -0.25) is 4.68 Å². The van der Waals surface area contributed by atoms with Crippen molar-refractivity contribution in [1.82, 2.24) is 20.4 Å². The average molecular weight is 425 g/mol. The van der Waals surface area contributed by atoms with Gasteiger partial charge in [-0.1, -0.05) is 6.07 Å². The van der Waals surface area contributed by atoms with Gasteiger partial charge in [-0.2, -0.15) is 13.9 Å². The highest BCUT2D eigenvalue weighted by Crippen LogP contribution is 2.30. The Balaban J connectivity index is 2.08. The van der Waals surface area contributed by atoms with E-state index in [0.717, 1.165) is 5.56 Å². The lowest BCUT2D eigenvalue weighted by atomic mass is 10.00. The van der Waals surface area contributed by atoms with Crippen LogP contribution in [0, 0.1) is 0 Å².